The van der Waals surface area contributed by atoms with Crippen molar-refractivity contribution in [3.8, 4) is 5.75 Å². The summed E-state index contributed by atoms with van der Waals surface area (Å²) >= 11 is 6.11. The minimum absolute atomic E-state index is 0.0779. The van der Waals surface area contributed by atoms with Crippen LogP contribution in [-0.2, 0) is 0 Å². The van der Waals surface area contributed by atoms with Gasteiger partial charge in [0.2, 0.25) is 0 Å². The van der Waals surface area contributed by atoms with E-state index in [1.165, 1.54) is 5.01 Å². The molecule has 0 bridgehead atoms. The molecule has 2 unspecified atom stereocenters. The number of nitrogens with zero attached hydrogens (tertiary/aromatic N) is 2. The van der Waals surface area contributed by atoms with Crippen LogP contribution in [0.2, 0.25) is 5.02 Å². The monoisotopic (exact) mass is 310 g/mol. The van der Waals surface area contributed by atoms with Crippen molar-refractivity contribution in [2.24, 2.45) is 5.29 Å². The summed E-state index contributed by atoms with van der Waals surface area (Å²) in [5.41, 5.74) is 0.648. The van der Waals surface area contributed by atoms with Crippen molar-refractivity contribution in [1.29, 1.82) is 0 Å². The van der Waals surface area contributed by atoms with Crippen LogP contribution >= 0.6 is 11.6 Å². The summed E-state index contributed by atoms with van der Waals surface area (Å²) < 4.78 is 5.75. The van der Waals surface area contributed by atoms with Gasteiger partial charge < -0.3 is 15.4 Å². The quantitative estimate of drug-likeness (QED) is 0.835. The first kappa shape index (κ1) is 14.6. The van der Waals surface area contributed by atoms with E-state index in [-0.39, 0.29) is 6.04 Å². The van der Waals surface area contributed by atoms with E-state index in [0.717, 1.165) is 32.5 Å². The van der Waals surface area contributed by atoms with Crippen molar-refractivity contribution in [1.82, 2.24) is 10.6 Å². The molecule has 1 saturated heterocycles. The normalized spacial score (nSPS) is 25.7. The minimum Gasteiger partial charge on any atom is -0.488 e. The lowest BCUT2D eigenvalue weighted by atomic mass is 10.0. The Morgan fingerprint density at radius 1 is 1.43 bits per heavy atom. The number of anilines is 1. The average molecular weight is 311 g/mol. The first-order chi connectivity index (χ1) is 10.3. The highest BCUT2D eigenvalue weighted by Crippen LogP contribution is 2.40. The molecule has 0 aliphatic carbocycles. The molecule has 0 spiro atoms. The smallest absolute Gasteiger partial charge is 0.163 e. The number of halogens is 1. The average Bonchev–Trinajstić information content (AvgIpc) is 2.76. The van der Waals surface area contributed by atoms with Crippen molar-refractivity contribution in [3.63, 3.8) is 0 Å². The van der Waals surface area contributed by atoms with E-state index in [0.29, 0.717) is 29.1 Å². The standard InChI is InChI=1S/C14H19ClN4O2/c15-12-3-1-4-13-14(12)21-9-11(19(13)18-20)7-10-8-16-5-2-6-17-10/h1,3-4,10-11,16-17H,2,5-9H2. The van der Waals surface area contributed by atoms with Gasteiger partial charge in [0.15, 0.2) is 5.75 Å². The molecule has 7 heteroatoms. The second kappa shape index (κ2) is 6.60. The molecule has 6 nitrogen and oxygen atoms in total. The molecule has 2 N–H and O–H groups in total. The highest BCUT2D eigenvalue weighted by atomic mass is 35.5. The molecule has 114 valence electrons. The maximum atomic E-state index is 11.3. The number of hydrogen-bond acceptors (Lipinski definition) is 5. The zero-order valence-corrected chi connectivity index (χ0v) is 12.5. The van der Waals surface area contributed by atoms with Gasteiger partial charge in [-0.05, 0) is 38.1 Å². The third-order valence-corrected chi connectivity index (χ3v) is 4.26. The fourth-order valence-corrected chi connectivity index (χ4v) is 3.13. The third-order valence-electron chi connectivity index (χ3n) is 3.96. The Bertz CT molecular complexity index is 506. The van der Waals surface area contributed by atoms with E-state index in [2.05, 4.69) is 15.9 Å². The highest BCUT2D eigenvalue weighted by Gasteiger charge is 2.32. The lowest BCUT2D eigenvalue weighted by molar-refractivity contribution is 0.244. The van der Waals surface area contributed by atoms with Gasteiger partial charge in [0.1, 0.15) is 12.3 Å². The van der Waals surface area contributed by atoms with Crippen LogP contribution in [0.15, 0.2) is 23.5 Å². The number of hydrogen-bond donors (Lipinski definition) is 2. The summed E-state index contributed by atoms with van der Waals surface area (Å²) in [5, 5.41) is 12.1. The molecule has 0 amide bonds. The van der Waals surface area contributed by atoms with Gasteiger partial charge in [0.05, 0.1) is 16.4 Å². The van der Waals surface area contributed by atoms with Gasteiger partial charge in [-0.3, -0.25) is 0 Å². The zero-order chi connectivity index (χ0) is 14.7. The number of fused-ring (bicyclic) bond motifs is 1. The predicted molar refractivity (Wildman–Crippen MR) is 82.9 cm³/mol. The van der Waals surface area contributed by atoms with Crippen LogP contribution in [0.1, 0.15) is 12.8 Å². The minimum atomic E-state index is -0.0779. The van der Waals surface area contributed by atoms with Crippen molar-refractivity contribution >= 4 is 17.3 Å². The Morgan fingerprint density at radius 2 is 2.33 bits per heavy atom. The summed E-state index contributed by atoms with van der Waals surface area (Å²) in [7, 11) is 0. The fraction of sp³-hybridized carbons (Fsp3) is 0.571. The summed E-state index contributed by atoms with van der Waals surface area (Å²) in [6.07, 6.45) is 1.91. The van der Waals surface area contributed by atoms with E-state index in [1.54, 1.807) is 12.1 Å². The van der Waals surface area contributed by atoms with Crippen LogP contribution in [-0.4, -0.2) is 38.3 Å². The molecule has 0 radical (unpaired) electrons. The van der Waals surface area contributed by atoms with Crippen LogP contribution in [0, 0.1) is 4.91 Å². The summed E-state index contributed by atoms with van der Waals surface area (Å²) in [6, 6.07) is 5.60. The highest BCUT2D eigenvalue weighted by molar-refractivity contribution is 6.32. The van der Waals surface area contributed by atoms with Gasteiger partial charge in [-0.2, -0.15) is 0 Å². The maximum absolute atomic E-state index is 11.3. The molecule has 3 rings (SSSR count). The van der Waals surface area contributed by atoms with Crippen LogP contribution in [0.3, 0.4) is 0 Å². The van der Waals surface area contributed by atoms with Crippen LogP contribution in [0.4, 0.5) is 5.69 Å². The number of benzene rings is 1. The molecule has 1 fully saturated rings. The number of para-hydroxylation sites is 1. The SMILES string of the molecule is O=NN1c2cccc(Cl)c2OCC1CC1CNCCCN1. The van der Waals surface area contributed by atoms with Gasteiger partial charge in [0, 0.05) is 12.6 Å². The topological polar surface area (TPSA) is 66.0 Å². The van der Waals surface area contributed by atoms with E-state index in [9.17, 15) is 4.91 Å². The van der Waals surface area contributed by atoms with E-state index < -0.39 is 0 Å². The molecule has 2 atom stereocenters. The van der Waals surface area contributed by atoms with E-state index in [4.69, 9.17) is 16.3 Å². The fourth-order valence-electron chi connectivity index (χ4n) is 2.91. The van der Waals surface area contributed by atoms with Crippen molar-refractivity contribution in [2.75, 3.05) is 31.3 Å². The number of ether oxygens (including phenoxy) is 1. The molecule has 2 aliphatic heterocycles. The Kier molecular flexibility index (Phi) is 4.57. The number of nitroso groups, excluding NO2 is 1. The van der Waals surface area contributed by atoms with Gasteiger partial charge >= 0.3 is 0 Å². The summed E-state index contributed by atoms with van der Waals surface area (Å²) in [5.74, 6) is 0.543. The van der Waals surface area contributed by atoms with Gasteiger partial charge in [-0.15, -0.1) is 4.91 Å². The van der Waals surface area contributed by atoms with Crippen molar-refractivity contribution in [3.05, 3.63) is 28.1 Å². The summed E-state index contributed by atoms with van der Waals surface area (Å²) in [4.78, 5) is 11.3. The molecular formula is C14H19ClN4O2. The Labute approximate surface area is 128 Å². The first-order valence-electron chi connectivity index (χ1n) is 7.27. The van der Waals surface area contributed by atoms with Crippen molar-refractivity contribution < 1.29 is 4.74 Å². The van der Waals surface area contributed by atoms with Crippen LogP contribution in [0.25, 0.3) is 0 Å². The number of nitrogens with one attached hydrogen (secondary N) is 2. The van der Waals surface area contributed by atoms with Crippen LogP contribution in [0.5, 0.6) is 5.75 Å². The largest absolute Gasteiger partial charge is 0.488 e. The third kappa shape index (κ3) is 3.12. The predicted octanol–water partition coefficient (Wildman–Crippen LogP) is 1.93. The Hall–Kier alpha value is -1.37. The Balaban J connectivity index is 1.76. The van der Waals surface area contributed by atoms with Gasteiger partial charge in [-0.1, -0.05) is 17.7 Å². The lowest BCUT2D eigenvalue weighted by Crippen LogP contribution is -2.46. The molecule has 2 aliphatic rings. The summed E-state index contributed by atoms with van der Waals surface area (Å²) in [6.45, 7) is 3.33. The van der Waals surface area contributed by atoms with Crippen molar-refractivity contribution in [2.45, 2.75) is 24.9 Å². The molecule has 0 saturated carbocycles. The van der Waals surface area contributed by atoms with Crippen LogP contribution < -0.4 is 20.4 Å². The second-order valence-electron chi connectivity index (χ2n) is 5.42. The number of rotatable bonds is 3. The first-order valence-corrected chi connectivity index (χ1v) is 7.65. The van der Waals surface area contributed by atoms with E-state index >= 15 is 0 Å². The second-order valence-corrected chi connectivity index (χ2v) is 5.83. The molecule has 2 heterocycles. The maximum Gasteiger partial charge on any atom is 0.163 e. The van der Waals surface area contributed by atoms with Gasteiger partial charge in [-0.25, -0.2) is 5.01 Å². The van der Waals surface area contributed by atoms with E-state index in [1.807, 2.05) is 6.07 Å². The zero-order valence-electron chi connectivity index (χ0n) is 11.7. The lowest BCUT2D eigenvalue weighted by Gasteiger charge is -2.34. The molecule has 0 aromatic heterocycles. The Morgan fingerprint density at radius 3 is 3.19 bits per heavy atom. The van der Waals surface area contributed by atoms with Gasteiger partial charge in [0.25, 0.3) is 0 Å². The molecule has 1 aromatic carbocycles. The molecule has 21 heavy (non-hydrogen) atoms. The molecular weight excluding hydrogens is 292 g/mol. The molecule has 1 aromatic rings.